The summed E-state index contributed by atoms with van der Waals surface area (Å²) in [5.74, 6) is 2.07. The second-order valence-electron chi connectivity index (χ2n) is 4.69. The van der Waals surface area contributed by atoms with Crippen molar-refractivity contribution in [3.05, 3.63) is 59.7 Å². The molecule has 0 aliphatic carbocycles. The minimum absolute atomic E-state index is 0.250. The third-order valence-electron chi connectivity index (χ3n) is 2.91. The molecule has 1 aromatic carbocycles. The standard InChI is InChI=1S/C15H14FN5O/c1-10-8-14(21-22-10)20-15-17-7-6-13(19-15)18-9-11-2-4-12(16)5-3-11/h2-8H,9H2,1H3,(H2,17,18,19,20,21). The Morgan fingerprint density at radius 1 is 1.14 bits per heavy atom. The van der Waals surface area contributed by atoms with Crippen LogP contribution in [0.1, 0.15) is 11.3 Å². The lowest BCUT2D eigenvalue weighted by molar-refractivity contribution is 0.400. The van der Waals surface area contributed by atoms with Crippen LogP contribution in [0.2, 0.25) is 0 Å². The van der Waals surface area contributed by atoms with E-state index in [0.29, 0.717) is 29.9 Å². The van der Waals surface area contributed by atoms with Crippen molar-refractivity contribution >= 4 is 17.6 Å². The van der Waals surface area contributed by atoms with E-state index in [2.05, 4.69) is 25.8 Å². The van der Waals surface area contributed by atoms with Gasteiger partial charge in [0.05, 0.1) is 0 Å². The molecular weight excluding hydrogens is 285 g/mol. The van der Waals surface area contributed by atoms with Gasteiger partial charge >= 0.3 is 0 Å². The van der Waals surface area contributed by atoms with E-state index in [1.807, 2.05) is 0 Å². The predicted octanol–water partition coefficient (Wildman–Crippen LogP) is 3.27. The lowest BCUT2D eigenvalue weighted by Crippen LogP contribution is -2.04. The number of hydrogen-bond acceptors (Lipinski definition) is 6. The summed E-state index contributed by atoms with van der Waals surface area (Å²) in [5.41, 5.74) is 0.960. The van der Waals surface area contributed by atoms with Crippen LogP contribution in [-0.2, 0) is 6.54 Å². The first-order valence-corrected chi connectivity index (χ1v) is 6.71. The Hall–Kier alpha value is -2.96. The fourth-order valence-corrected chi connectivity index (χ4v) is 1.85. The van der Waals surface area contributed by atoms with Crippen molar-refractivity contribution in [2.24, 2.45) is 0 Å². The number of nitrogens with zero attached hydrogens (tertiary/aromatic N) is 3. The van der Waals surface area contributed by atoms with Crippen molar-refractivity contribution in [3.63, 3.8) is 0 Å². The molecule has 0 bridgehead atoms. The van der Waals surface area contributed by atoms with Crippen LogP contribution in [0.25, 0.3) is 0 Å². The molecule has 6 nitrogen and oxygen atoms in total. The monoisotopic (exact) mass is 299 g/mol. The Morgan fingerprint density at radius 3 is 2.68 bits per heavy atom. The van der Waals surface area contributed by atoms with E-state index in [4.69, 9.17) is 4.52 Å². The van der Waals surface area contributed by atoms with Gasteiger partial charge in [-0.2, -0.15) is 4.98 Å². The Balaban J connectivity index is 1.64. The topological polar surface area (TPSA) is 75.9 Å². The molecule has 2 aromatic heterocycles. The molecule has 0 atom stereocenters. The van der Waals surface area contributed by atoms with Gasteiger partial charge in [0.25, 0.3) is 0 Å². The smallest absolute Gasteiger partial charge is 0.230 e. The van der Waals surface area contributed by atoms with Gasteiger partial charge in [-0.3, -0.25) is 0 Å². The summed E-state index contributed by atoms with van der Waals surface area (Å²) in [6.07, 6.45) is 1.63. The maximum Gasteiger partial charge on any atom is 0.230 e. The zero-order chi connectivity index (χ0) is 15.4. The van der Waals surface area contributed by atoms with E-state index >= 15 is 0 Å². The highest BCUT2D eigenvalue weighted by Crippen LogP contribution is 2.14. The van der Waals surface area contributed by atoms with E-state index in [1.54, 1.807) is 37.4 Å². The Bertz CT molecular complexity index is 757. The summed E-state index contributed by atoms with van der Waals surface area (Å²) in [4.78, 5) is 8.44. The molecule has 0 spiro atoms. The third-order valence-corrected chi connectivity index (χ3v) is 2.91. The Labute approximate surface area is 126 Å². The van der Waals surface area contributed by atoms with Gasteiger partial charge in [-0.05, 0) is 30.7 Å². The molecule has 7 heteroatoms. The van der Waals surface area contributed by atoms with Crippen LogP contribution in [0.15, 0.2) is 47.1 Å². The minimum Gasteiger partial charge on any atom is -0.366 e. The SMILES string of the molecule is Cc1cc(Nc2nccc(NCc3ccc(F)cc3)n2)no1. The molecule has 0 saturated heterocycles. The first-order valence-electron chi connectivity index (χ1n) is 6.71. The summed E-state index contributed by atoms with van der Waals surface area (Å²) in [6, 6.07) is 9.81. The van der Waals surface area contributed by atoms with Crippen LogP contribution >= 0.6 is 0 Å². The van der Waals surface area contributed by atoms with Crippen LogP contribution in [0.3, 0.4) is 0 Å². The van der Waals surface area contributed by atoms with Gasteiger partial charge in [-0.25, -0.2) is 9.37 Å². The Morgan fingerprint density at radius 2 is 1.95 bits per heavy atom. The second-order valence-corrected chi connectivity index (χ2v) is 4.69. The van der Waals surface area contributed by atoms with Gasteiger partial charge in [0, 0.05) is 18.8 Å². The van der Waals surface area contributed by atoms with Crippen molar-refractivity contribution in [1.29, 1.82) is 0 Å². The van der Waals surface area contributed by atoms with Gasteiger partial charge < -0.3 is 15.2 Å². The number of hydrogen-bond donors (Lipinski definition) is 2. The van der Waals surface area contributed by atoms with Crippen LogP contribution in [0, 0.1) is 12.7 Å². The molecule has 0 fully saturated rings. The van der Waals surface area contributed by atoms with E-state index in [-0.39, 0.29) is 5.82 Å². The predicted molar refractivity (Wildman–Crippen MR) is 80.3 cm³/mol. The molecule has 2 heterocycles. The number of benzene rings is 1. The summed E-state index contributed by atoms with van der Waals surface area (Å²) >= 11 is 0. The summed E-state index contributed by atoms with van der Waals surface area (Å²) < 4.78 is 17.8. The normalized spacial score (nSPS) is 10.5. The lowest BCUT2D eigenvalue weighted by Gasteiger charge is -2.07. The average Bonchev–Trinajstić information content (AvgIpc) is 2.92. The summed E-state index contributed by atoms with van der Waals surface area (Å²) in [5, 5.41) is 9.93. The largest absolute Gasteiger partial charge is 0.366 e. The van der Waals surface area contributed by atoms with Crippen molar-refractivity contribution in [2.75, 3.05) is 10.6 Å². The molecule has 3 rings (SSSR count). The van der Waals surface area contributed by atoms with Crippen LogP contribution in [0.4, 0.5) is 22.0 Å². The maximum absolute atomic E-state index is 12.8. The average molecular weight is 299 g/mol. The molecule has 22 heavy (non-hydrogen) atoms. The fraction of sp³-hybridized carbons (Fsp3) is 0.133. The molecule has 3 aromatic rings. The zero-order valence-corrected chi connectivity index (χ0v) is 11.9. The fourth-order valence-electron chi connectivity index (χ4n) is 1.85. The van der Waals surface area contributed by atoms with Crippen LogP contribution in [-0.4, -0.2) is 15.1 Å². The highest BCUT2D eigenvalue weighted by Gasteiger charge is 2.04. The van der Waals surface area contributed by atoms with Crippen molar-refractivity contribution < 1.29 is 8.91 Å². The Kier molecular flexibility index (Phi) is 3.95. The van der Waals surface area contributed by atoms with E-state index in [0.717, 1.165) is 5.56 Å². The van der Waals surface area contributed by atoms with Crippen molar-refractivity contribution in [3.8, 4) is 0 Å². The highest BCUT2D eigenvalue weighted by molar-refractivity contribution is 5.50. The van der Waals surface area contributed by atoms with Gasteiger partial charge in [0.15, 0.2) is 5.82 Å². The van der Waals surface area contributed by atoms with E-state index < -0.39 is 0 Å². The lowest BCUT2D eigenvalue weighted by atomic mass is 10.2. The molecule has 0 unspecified atom stereocenters. The van der Waals surface area contributed by atoms with Crippen molar-refractivity contribution in [2.45, 2.75) is 13.5 Å². The van der Waals surface area contributed by atoms with Crippen molar-refractivity contribution in [1.82, 2.24) is 15.1 Å². The van der Waals surface area contributed by atoms with Gasteiger partial charge in [0.2, 0.25) is 5.95 Å². The van der Waals surface area contributed by atoms with Gasteiger partial charge in [-0.15, -0.1) is 0 Å². The molecule has 0 aliphatic heterocycles. The molecular formula is C15H14FN5O. The first-order chi connectivity index (χ1) is 10.7. The first kappa shape index (κ1) is 14.0. The van der Waals surface area contributed by atoms with E-state index in [1.165, 1.54) is 12.1 Å². The summed E-state index contributed by atoms with van der Waals surface area (Å²) in [6.45, 7) is 2.35. The van der Waals surface area contributed by atoms with Gasteiger partial charge in [-0.1, -0.05) is 17.3 Å². The molecule has 0 radical (unpaired) electrons. The number of nitrogens with one attached hydrogen (secondary N) is 2. The third kappa shape index (κ3) is 3.57. The molecule has 2 N–H and O–H groups in total. The molecule has 112 valence electrons. The second kappa shape index (κ2) is 6.21. The highest BCUT2D eigenvalue weighted by atomic mass is 19.1. The quantitative estimate of drug-likeness (QED) is 0.753. The van der Waals surface area contributed by atoms with E-state index in [9.17, 15) is 4.39 Å². The molecule has 0 aliphatic rings. The minimum atomic E-state index is -0.250. The van der Waals surface area contributed by atoms with Crippen LogP contribution in [0.5, 0.6) is 0 Å². The van der Waals surface area contributed by atoms with Crippen LogP contribution < -0.4 is 10.6 Å². The number of rotatable bonds is 5. The summed E-state index contributed by atoms with van der Waals surface area (Å²) in [7, 11) is 0. The number of halogens is 1. The molecule has 0 saturated carbocycles. The number of aromatic nitrogens is 3. The van der Waals surface area contributed by atoms with Gasteiger partial charge in [0.1, 0.15) is 17.4 Å². The number of anilines is 3. The number of aryl methyl sites for hydroxylation is 1. The maximum atomic E-state index is 12.8. The zero-order valence-electron chi connectivity index (χ0n) is 11.9. The molecule has 0 amide bonds.